The van der Waals surface area contributed by atoms with E-state index in [0.29, 0.717) is 0 Å². The Kier molecular flexibility index (Phi) is 7.20. The molecule has 0 spiro atoms. The Labute approximate surface area is 136 Å². The second-order valence-electron chi connectivity index (χ2n) is 6.44. The predicted octanol–water partition coefficient (Wildman–Crippen LogP) is 3.32. The molecule has 1 heterocycles. The Morgan fingerprint density at radius 2 is 2.00 bits per heavy atom. The SMILES string of the molecule is CCCOc1cc(C)c(CCCN2CCCNCC2)cc1C. The van der Waals surface area contributed by atoms with E-state index in [0.717, 1.165) is 25.3 Å². The van der Waals surface area contributed by atoms with Gasteiger partial charge in [-0.2, -0.15) is 0 Å². The third-order valence-corrected chi connectivity index (χ3v) is 4.45. The first kappa shape index (κ1) is 17.3. The first-order chi connectivity index (χ1) is 10.7. The number of hydrogen-bond donors (Lipinski definition) is 1. The number of nitrogens with one attached hydrogen (secondary N) is 1. The van der Waals surface area contributed by atoms with Gasteiger partial charge in [-0.25, -0.2) is 0 Å². The van der Waals surface area contributed by atoms with E-state index in [1.807, 2.05) is 0 Å². The number of nitrogens with zero attached hydrogens (tertiary/aromatic N) is 1. The summed E-state index contributed by atoms with van der Waals surface area (Å²) in [5.74, 6) is 1.06. The van der Waals surface area contributed by atoms with Crippen molar-refractivity contribution in [2.45, 2.75) is 46.5 Å². The minimum Gasteiger partial charge on any atom is -0.493 e. The maximum absolute atomic E-state index is 5.82. The van der Waals surface area contributed by atoms with Crippen LogP contribution < -0.4 is 10.1 Å². The monoisotopic (exact) mass is 304 g/mol. The Morgan fingerprint density at radius 1 is 1.14 bits per heavy atom. The fourth-order valence-corrected chi connectivity index (χ4v) is 3.10. The highest BCUT2D eigenvalue weighted by Crippen LogP contribution is 2.24. The smallest absolute Gasteiger partial charge is 0.122 e. The van der Waals surface area contributed by atoms with Gasteiger partial charge in [-0.1, -0.05) is 13.0 Å². The Morgan fingerprint density at radius 3 is 2.82 bits per heavy atom. The van der Waals surface area contributed by atoms with Crippen LogP contribution in [0.25, 0.3) is 0 Å². The van der Waals surface area contributed by atoms with Crippen LogP contribution in [0.4, 0.5) is 0 Å². The van der Waals surface area contributed by atoms with E-state index in [-0.39, 0.29) is 0 Å². The molecule has 1 aliphatic rings. The van der Waals surface area contributed by atoms with Crippen molar-refractivity contribution in [3.63, 3.8) is 0 Å². The third-order valence-electron chi connectivity index (χ3n) is 4.45. The molecule has 1 fully saturated rings. The molecule has 0 aliphatic carbocycles. The van der Waals surface area contributed by atoms with Crippen LogP contribution in [0.3, 0.4) is 0 Å². The second kappa shape index (κ2) is 9.16. The van der Waals surface area contributed by atoms with Gasteiger partial charge in [-0.05, 0) is 81.9 Å². The lowest BCUT2D eigenvalue weighted by molar-refractivity contribution is 0.289. The van der Waals surface area contributed by atoms with Crippen LogP contribution >= 0.6 is 0 Å². The maximum atomic E-state index is 5.82. The molecule has 3 nitrogen and oxygen atoms in total. The van der Waals surface area contributed by atoms with Crippen LogP contribution in [0.1, 0.15) is 42.9 Å². The fourth-order valence-electron chi connectivity index (χ4n) is 3.10. The Balaban J connectivity index is 1.85. The zero-order chi connectivity index (χ0) is 15.8. The normalized spacial score (nSPS) is 16.5. The first-order valence-electron chi connectivity index (χ1n) is 8.86. The highest BCUT2D eigenvalue weighted by Gasteiger charge is 2.09. The predicted molar refractivity (Wildman–Crippen MR) is 93.9 cm³/mol. The summed E-state index contributed by atoms with van der Waals surface area (Å²) in [5, 5.41) is 3.47. The summed E-state index contributed by atoms with van der Waals surface area (Å²) in [6.07, 6.45) is 4.76. The molecule has 1 aromatic carbocycles. The molecule has 0 aromatic heterocycles. The van der Waals surface area contributed by atoms with E-state index < -0.39 is 0 Å². The molecule has 124 valence electrons. The van der Waals surface area contributed by atoms with Crippen molar-refractivity contribution < 1.29 is 4.74 Å². The van der Waals surface area contributed by atoms with Gasteiger partial charge in [0.25, 0.3) is 0 Å². The summed E-state index contributed by atoms with van der Waals surface area (Å²) < 4.78 is 5.82. The van der Waals surface area contributed by atoms with Crippen LogP contribution in [0.15, 0.2) is 12.1 Å². The average molecular weight is 304 g/mol. The minimum atomic E-state index is 0.808. The lowest BCUT2D eigenvalue weighted by Crippen LogP contribution is -2.29. The minimum absolute atomic E-state index is 0.808. The lowest BCUT2D eigenvalue weighted by atomic mass is 10.0. The Bertz CT molecular complexity index is 451. The average Bonchev–Trinajstić information content (AvgIpc) is 2.78. The second-order valence-corrected chi connectivity index (χ2v) is 6.44. The van der Waals surface area contributed by atoms with Gasteiger partial charge in [-0.3, -0.25) is 0 Å². The van der Waals surface area contributed by atoms with Crippen molar-refractivity contribution in [3.05, 3.63) is 28.8 Å². The molecule has 1 aromatic rings. The van der Waals surface area contributed by atoms with E-state index in [1.165, 1.54) is 62.1 Å². The van der Waals surface area contributed by atoms with Gasteiger partial charge in [0, 0.05) is 13.1 Å². The topological polar surface area (TPSA) is 24.5 Å². The molecule has 0 unspecified atom stereocenters. The number of ether oxygens (including phenoxy) is 1. The standard InChI is InChI=1S/C19H32N2O/c1-4-13-22-19-15-16(2)18(14-17(19)3)7-5-10-21-11-6-8-20-9-12-21/h14-15,20H,4-13H2,1-3H3. The molecule has 22 heavy (non-hydrogen) atoms. The van der Waals surface area contributed by atoms with Crippen molar-refractivity contribution in [3.8, 4) is 5.75 Å². The van der Waals surface area contributed by atoms with Crippen molar-refractivity contribution in [1.29, 1.82) is 0 Å². The molecule has 2 rings (SSSR count). The molecule has 1 N–H and O–H groups in total. The van der Waals surface area contributed by atoms with E-state index in [9.17, 15) is 0 Å². The summed E-state index contributed by atoms with van der Waals surface area (Å²) in [6.45, 7) is 13.3. The number of rotatable bonds is 7. The van der Waals surface area contributed by atoms with Gasteiger partial charge in [0.05, 0.1) is 6.61 Å². The number of aryl methyl sites for hydroxylation is 3. The lowest BCUT2D eigenvalue weighted by Gasteiger charge is -2.19. The van der Waals surface area contributed by atoms with Crippen LogP contribution in [0.2, 0.25) is 0 Å². The molecule has 0 atom stereocenters. The molecule has 1 aliphatic heterocycles. The molecule has 3 heteroatoms. The highest BCUT2D eigenvalue weighted by molar-refractivity contribution is 5.41. The van der Waals surface area contributed by atoms with Gasteiger partial charge in [0.1, 0.15) is 5.75 Å². The third kappa shape index (κ3) is 5.29. The molecular weight excluding hydrogens is 272 g/mol. The van der Waals surface area contributed by atoms with Crippen molar-refractivity contribution >= 4 is 0 Å². The molecule has 0 amide bonds. The van der Waals surface area contributed by atoms with Gasteiger partial charge >= 0.3 is 0 Å². The van der Waals surface area contributed by atoms with Gasteiger partial charge < -0.3 is 15.0 Å². The highest BCUT2D eigenvalue weighted by atomic mass is 16.5. The zero-order valence-corrected chi connectivity index (χ0v) is 14.6. The van der Waals surface area contributed by atoms with Crippen LogP contribution in [-0.2, 0) is 6.42 Å². The summed E-state index contributed by atoms with van der Waals surface area (Å²) in [7, 11) is 0. The molecule has 0 bridgehead atoms. The maximum Gasteiger partial charge on any atom is 0.122 e. The molecule has 1 saturated heterocycles. The number of hydrogen-bond acceptors (Lipinski definition) is 3. The van der Waals surface area contributed by atoms with Gasteiger partial charge in [0.15, 0.2) is 0 Å². The Hall–Kier alpha value is -1.06. The van der Waals surface area contributed by atoms with E-state index >= 15 is 0 Å². The van der Waals surface area contributed by atoms with E-state index in [2.05, 4.69) is 43.1 Å². The van der Waals surface area contributed by atoms with Crippen LogP contribution in [0, 0.1) is 13.8 Å². The number of benzene rings is 1. The molecular formula is C19H32N2O. The van der Waals surface area contributed by atoms with Crippen LogP contribution in [0.5, 0.6) is 5.75 Å². The summed E-state index contributed by atoms with van der Waals surface area (Å²) in [6, 6.07) is 4.54. The largest absolute Gasteiger partial charge is 0.493 e. The summed E-state index contributed by atoms with van der Waals surface area (Å²) in [5.41, 5.74) is 4.12. The molecule has 0 radical (unpaired) electrons. The van der Waals surface area contributed by atoms with Gasteiger partial charge in [-0.15, -0.1) is 0 Å². The van der Waals surface area contributed by atoms with Crippen molar-refractivity contribution in [2.75, 3.05) is 39.3 Å². The summed E-state index contributed by atoms with van der Waals surface area (Å²) in [4.78, 5) is 2.60. The van der Waals surface area contributed by atoms with Crippen LogP contribution in [-0.4, -0.2) is 44.2 Å². The van der Waals surface area contributed by atoms with Crippen molar-refractivity contribution in [1.82, 2.24) is 10.2 Å². The van der Waals surface area contributed by atoms with Gasteiger partial charge in [0.2, 0.25) is 0 Å². The quantitative estimate of drug-likeness (QED) is 0.836. The molecule has 0 saturated carbocycles. The van der Waals surface area contributed by atoms with E-state index in [1.54, 1.807) is 0 Å². The van der Waals surface area contributed by atoms with E-state index in [4.69, 9.17) is 4.74 Å². The van der Waals surface area contributed by atoms with Crippen molar-refractivity contribution in [2.24, 2.45) is 0 Å². The first-order valence-corrected chi connectivity index (χ1v) is 8.86. The fraction of sp³-hybridized carbons (Fsp3) is 0.684. The zero-order valence-electron chi connectivity index (χ0n) is 14.6. The summed E-state index contributed by atoms with van der Waals surface area (Å²) >= 11 is 0.